The van der Waals surface area contributed by atoms with Gasteiger partial charge in [-0.2, -0.15) is 4.98 Å². The Hall–Kier alpha value is -2.74. The number of methoxy groups -OCH3 is 1. The molecule has 2 aromatic rings. The lowest BCUT2D eigenvalue weighted by Crippen LogP contribution is -2.35. The minimum absolute atomic E-state index is 0.0117. The average Bonchev–Trinajstić information content (AvgIpc) is 3.24. The van der Waals surface area contributed by atoms with Crippen molar-refractivity contribution in [3.63, 3.8) is 0 Å². The van der Waals surface area contributed by atoms with E-state index in [1.807, 2.05) is 0 Å². The summed E-state index contributed by atoms with van der Waals surface area (Å²) in [4.78, 5) is 29.1. The Morgan fingerprint density at radius 1 is 1.36 bits per heavy atom. The number of likely N-dealkylation sites (tertiary alicyclic amines) is 1. The van der Waals surface area contributed by atoms with E-state index in [1.54, 1.807) is 24.3 Å². The van der Waals surface area contributed by atoms with Gasteiger partial charge in [0.05, 0.1) is 19.2 Å². The van der Waals surface area contributed by atoms with E-state index in [0.717, 1.165) is 25.1 Å². The van der Waals surface area contributed by atoms with E-state index in [1.165, 1.54) is 14.0 Å². The molecule has 1 amide bonds. The number of nitrogens with zero attached hydrogens (tertiary/aromatic N) is 3. The van der Waals surface area contributed by atoms with Crippen molar-refractivity contribution in [3.05, 3.63) is 35.7 Å². The van der Waals surface area contributed by atoms with Crippen LogP contribution in [0.15, 0.2) is 28.8 Å². The van der Waals surface area contributed by atoms with Crippen molar-refractivity contribution in [2.45, 2.75) is 25.9 Å². The second kappa shape index (κ2) is 7.43. The molecule has 3 rings (SSSR count). The summed E-state index contributed by atoms with van der Waals surface area (Å²) in [6, 6.07) is 7.00. The third-order valence-electron chi connectivity index (χ3n) is 4.07. The number of amides is 1. The van der Waals surface area contributed by atoms with Crippen LogP contribution in [0.5, 0.6) is 0 Å². The first kappa shape index (κ1) is 17.1. The number of aromatic nitrogens is 2. The fraction of sp³-hybridized carbons (Fsp3) is 0.412. The number of hydrogen-bond donors (Lipinski definition) is 1. The zero-order chi connectivity index (χ0) is 17.8. The molecule has 0 bridgehead atoms. The van der Waals surface area contributed by atoms with Gasteiger partial charge in [-0.15, -0.1) is 0 Å². The average molecular weight is 344 g/mol. The van der Waals surface area contributed by atoms with E-state index < -0.39 is 0 Å². The van der Waals surface area contributed by atoms with Crippen LogP contribution in [-0.4, -0.2) is 53.2 Å². The van der Waals surface area contributed by atoms with Crippen LogP contribution in [0.4, 0.5) is 0 Å². The first-order valence-electron chi connectivity index (χ1n) is 8.06. The monoisotopic (exact) mass is 344 g/mol. The molecule has 1 aromatic carbocycles. The summed E-state index contributed by atoms with van der Waals surface area (Å²) in [6.07, 6.45) is 0.912. The molecule has 1 aliphatic heterocycles. The highest BCUT2D eigenvalue weighted by atomic mass is 16.5. The molecule has 0 aliphatic carbocycles. The second-order valence-corrected chi connectivity index (χ2v) is 6.00. The number of hydrogen-bond acceptors (Lipinski definition) is 7. The molecule has 8 nitrogen and oxygen atoms in total. The second-order valence-electron chi connectivity index (χ2n) is 6.00. The maximum absolute atomic E-state index is 11.4. The zero-order valence-corrected chi connectivity index (χ0v) is 14.2. The first-order chi connectivity index (χ1) is 12.0. The highest BCUT2D eigenvalue weighted by Gasteiger charge is 2.24. The number of benzene rings is 1. The third kappa shape index (κ3) is 4.21. The predicted molar refractivity (Wildman–Crippen MR) is 88.6 cm³/mol. The molecule has 1 fully saturated rings. The molecule has 132 valence electrons. The van der Waals surface area contributed by atoms with Gasteiger partial charge >= 0.3 is 5.97 Å². The molecule has 0 saturated carbocycles. The summed E-state index contributed by atoms with van der Waals surface area (Å²) in [5, 5.41) is 6.91. The van der Waals surface area contributed by atoms with E-state index in [-0.39, 0.29) is 17.9 Å². The molecule has 1 N–H and O–H groups in total. The topological polar surface area (TPSA) is 97.6 Å². The largest absolute Gasteiger partial charge is 0.465 e. The molecule has 1 atom stereocenters. The van der Waals surface area contributed by atoms with Gasteiger partial charge in [0.25, 0.3) is 0 Å². The molecule has 1 aromatic heterocycles. The zero-order valence-electron chi connectivity index (χ0n) is 14.2. The quantitative estimate of drug-likeness (QED) is 0.815. The van der Waals surface area contributed by atoms with E-state index >= 15 is 0 Å². The van der Waals surface area contributed by atoms with Crippen LogP contribution in [0.3, 0.4) is 0 Å². The van der Waals surface area contributed by atoms with Crippen molar-refractivity contribution in [2.75, 3.05) is 20.2 Å². The van der Waals surface area contributed by atoms with Crippen LogP contribution in [-0.2, 0) is 16.1 Å². The van der Waals surface area contributed by atoms with Crippen LogP contribution >= 0.6 is 0 Å². The van der Waals surface area contributed by atoms with Crippen LogP contribution in [0, 0.1) is 0 Å². The van der Waals surface area contributed by atoms with E-state index in [4.69, 9.17) is 4.52 Å². The van der Waals surface area contributed by atoms with Crippen LogP contribution < -0.4 is 5.32 Å². The fourth-order valence-corrected chi connectivity index (χ4v) is 2.88. The summed E-state index contributed by atoms with van der Waals surface area (Å²) in [7, 11) is 1.34. The molecule has 8 heteroatoms. The molecule has 25 heavy (non-hydrogen) atoms. The lowest BCUT2D eigenvalue weighted by molar-refractivity contribution is -0.119. The summed E-state index contributed by atoms with van der Waals surface area (Å²) in [6.45, 7) is 3.71. The van der Waals surface area contributed by atoms with Gasteiger partial charge in [0.1, 0.15) is 0 Å². The smallest absolute Gasteiger partial charge is 0.337 e. The number of ether oxygens (including phenoxy) is 1. The van der Waals surface area contributed by atoms with Gasteiger partial charge in [-0.1, -0.05) is 17.3 Å². The van der Waals surface area contributed by atoms with Crippen LogP contribution in [0.1, 0.15) is 29.6 Å². The van der Waals surface area contributed by atoms with Crippen molar-refractivity contribution in [2.24, 2.45) is 0 Å². The van der Waals surface area contributed by atoms with Crippen molar-refractivity contribution in [3.8, 4) is 11.4 Å². The van der Waals surface area contributed by atoms with Gasteiger partial charge in [0.2, 0.25) is 17.6 Å². The SMILES string of the molecule is COC(=O)c1ccc(-c2noc(CN3CC[C@H](NC(C)=O)C3)n2)cc1. The normalized spacial score (nSPS) is 17.4. The van der Waals surface area contributed by atoms with Crippen molar-refractivity contribution >= 4 is 11.9 Å². The Bertz CT molecular complexity index is 756. The standard InChI is InChI=1S/C17H20N4O4/c1-11(22)18-14-7-8-21(9-14)10-15-19-16(20-25-15)12-3-5-13(6-4-12)17(23)24-2/h3-6,14H,7-10H2,1-2H3,(H,18,22)/t14-/m0/s1. The number of carbonyl (C=O) groups is 2. The Kier molecular flexibility index (Phi) is 5.08. The Labute approximate surface area is 145 Å². The molecular formula is C17H20N4O4. The highest BCUT2D eigenvalue weighted by Crippen LogP contribution is 2.19. The van der Waals surface area contributed by atoms with Crippen molar-refractivity contribution in [1.29, 1.82) is 0 Å². The number of esters is 1. The summed E-state index contributed by atoms with van der Waals surface area (Å²) in [5.41, 5.74) is 1.23. The molecule has 1 aliphatic rings. The van der Waals surface area contributed by atoms with Gasteiger partial charge in [-0.3, -0.25) is 9.69 Å². The maximum Gasteiger partial charge on any atom is 0.337 e. The molecule has 0 spiro atoms. The number of rotatable bonds is 5. The molecule has 2 heterocycles. The number of nitrogens with one attached hydrogen (secondary N) is 1. The number of carbonyl (C=O) groups excluding carboxylic acids is 2. The minimum atomic E-state index is -0.386. The first-order valence-corrected chi connectivity index (χ1v) is 8.06. The van der Waals surface area contributed by atoms with E-state index in [2.05, 4.69) is 25.1 Å². The molecule has 0 unspecified atom stereocenters. The predicted octanol–water partition coefficient (Wildman–Crippen LogP) is 1.23. The van der Waals surface area contributed by atoms with Crippen molar-refractivity contribution in [1.82, 2.24) is 20.4 Å². The third-order valence-corrected chi connectivity index (χ3v) is 4.07. The maximum atomic E-state index is 11.4. The Morgan fingerprint density at radius 3 is 2.80 bits per heavy atom. The van der Waals surface area contributed by atoms with Gasteiger partial charge in [0, 0.05) is 31.6 Å². The molecular weight excluding hydrogens is 324 g/mol. The Morgan fingerprint density at radius 2 is 2.12 bits per heavy atom. The van der Waals surface area contributed by atoms with E-state index in [0.29, 0.717) is 23.8 Å². The Balaban J connectivity index is 1.61. The molecule has 1 saturated heterocycles. The van der Waals surface area contributed by atoms with Crippen LogP contribution in [0.25, 0.3) is 11.4 Å². The van der Waals surface area contributed by atoms with Gasteiger partial charge in [-0.05, 0) is 18.6 Å². The van der Waals surface area contributed by atoms with E-state index in [9.17, 15) is 9.59 Å². The summed E-state index contributed by atoms with van der Waals surface area (Å²) >= 11 is 0. The highest BCUT2D eigenvalue weighted by molar-refractivity contribution is 5.89. The van der Waals surface area contributed by atoms with Gasteiger partial charge in [-0.25, -0.2) is 4.79 Å². The van der Waals surface area contributed by atoms with Gasteiger partial charge in [0.15, 0.2) is 0 Å². The summed E-state index contributed by atoms with van der Waals surface area (Å²) in [5.74, 6) is 0.602. The fourth-order valence-electron chi connectivity index (χ4n) is 2.88. The summed E-state index contributed by atoms with van der Waals surface area (Å²) < 4.78 is 9.99. The minimum Gasteiger partial charge on any atom is -0.465 e. The van der Waals surface area contributed by atoms with Crippen molar-refractivity contribution < 1.29 is 18.8 Å². The molecule has 0 radical (unpaired) electrons. The van der Waals surface area contributed by atoms with Crippen LogP contribution in [0.2, 0.25) is 0 Å². The lowest BCUT2D eigenvalue weighted by atomic mass is 10.1. The van der Waals surface area contributed by atoms with Gasteiger partial charge < -0.3 is 14.6 Å². The lowest BCUT2D eigenvalue weighted by Gasteiger charge is -2.13.